The lowest BCUT2D eigenvalue weighted by molar-refractivity contribution is -0.0690. The third-order valence-electron chi connectivity index (χ3n) is 3.68. The van der Waals surface area contributed by atoms with E-state index in [2.05, 4.69) is 0 Å². The highest BCUT2D eigenvalue weighted by Crippen LogP contribution is 2.36. The predicted octanol–water partition coefficient (Wildman–Crippen LogP) is 6.92. The maximum atomic E-state index is 13.5. The van der Waals surface area contributed by atoms with Crippen LogP contribution in [0.25, 0.3) is 5.57 Å². The number of carbonyl (C=O) groups is 2. The summed E-state index contributed by atoms with van der Waals surface area (Å²) in [6.45, 7) is 4.96. The molecule has 2 rings (SSSR count). The second-order valence-electron chi connectivity index (χ2n) is 7.25. The van der Waals surface area contributed by atoms with Gasteiger partial charge in [-0.15, -0.1) is 0 Å². The van der Waals surface area contributed by atoms with Crippen molar-refractivity contribution in [1.29, 1.82) is 0 Å². The Morgan fingerprint density at radius 3 is 2.00 bits per heavy atom. The number of benzene rings is 2. The number of carbonyl (C=O) groups excluding carboxylic acids is 2. The van der Waals surface area contributed by atoms with Crippen molar-refractivity contribution < 1.29 is 31.9 Å². The Hall–Kier alpha value is -2.38. The average molecular weight is 463 g/mol. The molecule has 0 aliphatic heterocycles. The predicted molar refractivity (Wildman–Crippen MR) is 106 cm³/mol. The summed E-state index contributed by atoms with van der Waals surface area (Å²) in [6, 6.07) is 5.85. The second-order valence-corrected chi connectivity index (χ2v) is 8.06. The number of hydrogen-bond acceptors (Lipinski definition) is 3. The van der Waals surface area contributed by atoms with Crippen LogP contribution < -0.4 is 0 Å². The van der Waals surface area contributed by atoms with E-state index >= 15 is 0 Å². The van der Waals surface area contributed by atoms with E-state index in [0.717, 1.165) is 30.3 Å². The van der Waals surface area contributed by atoms with E-state index in [9.17, 15) is 27.2 Å². The summed E-state index contributed by atoms with van der Waals surface area (Å²) in [7, 11) is 0. The van der Waals surface area contributed by atoms with Gasteiger partial charge in [-0.1, -0.05) is 35.3 Å². The van der Waals surface area contributed by atoms with Crippen molar-refractivity contribution in [3.05, 3.63) is 75.0 Å². The molecule has 0 atom stereocenters. The van der Waals surface area contributed by atoms with Gasteiger partial charge in [0.05, 0.1) is 21.2 Å². The Bertz CT molecular complexity index is 1020. The van der Waals surface area contributed by atoms with Gasteiger partial charge in [0.15, 0.2) is 5.78 Å². The monoisotopic (exact) mass is 462 g/mol. The molecule has 0 aliphatic carbocycles. The highest BCUT2D eigenvalue weighted by Gasteiger charge is 2.35. The van der Waals surface area contributed by atoms with Gasteiger partial charge in [0.25, 0.3) is 0 Å². The molecular weight excluding hydrogens is 447 g/mol. The molecule has 0 N–H and O–H groups in total. The number of rotatable bonds is 4. The number of alkyl halides is 3. The van der Waals surface area contributed by atoms with E-state index in [0.29, 0.717) is 6.08 Å². The summed E-state index contributed by atoms with van der Waals surface area (Å²) in [4.78, 5) is 24.6. The first-order valence-corrected chi connectivity index (χ1v) is 9.26. The van der Waals surface area contributed by atoms with Crippen LogP contribution in [0.4, 0.5) is 17.6 Å². The third-order valence-corrected chi connectivity index (χ3v) is 4.29. The zero-order valence-corrected chi connectivity index (χ0v) is 17.5. The van der Waals surface area contributed by atoms with Crippen molar-refractivity contribution in [3.63, 3.8) is 0 Å². The minimum atomic E-state index is -4.91. The van der Waals surface area contributed by atoms with Gasteiger partial charge in [-0.3, -0.25) is 4.79 Å². The van der Waals surface area contributed by atoms with Gasteiger partial charge in [-0.05, 0) is 56.7 Å². The summed E-state index contributed by atoms with van der Waals surface area (Å²) in [5.74, 6) is -2.64. The van der Waals surface area contributed by atoms with E-state index in [1.165, 1.54) is 6.07 Å². The molecule has 0 amide bonds. The molecule has 0 aromatic heterocycles. The molecule has 30 heavy (non-hydrogen) atoms. The highest BCUT2D eigenvalue weighted by atomic mass is 35.5. The molecule has 0 saturated heterocycles. The molecule has 2 aromatic carbocycles. The first kappa shape index (κ1) is 23.9. The average Bonchev–Trinajstić information content (AvgIpc) is 2.59. The molecule has 2 aromatic rings. The van der Waals surface area contributed by atoms with E-state index in [-0.39, 0.29) is 16.1 Å². The normalized spacial score (nSPS) is 12.6. The molecule has 0 radical (unpaired) electrons. The van der Waals surface area contributed by atoms with E-state index in [1.54, 1.807) is 20.8 Å². The molecule has 0 bridgehead atoms. The van der Waals surface area contributed by atoms with Gasteiger partial charge in [0.1, 0.15) is 11.4 Å². The minimum absolute atomic E-state index is 0.0338. The zero-order chi connectivity index (χ0) is 22.9. The third kappa shape index (κ3) is 6.06. The number of ether oxygens (including phenoxy) is 1. The van der Waals surface area contributed by atoms with Crippen LogP contribution in [-0.4, -0.2) is 23.5 Å². The van der Waals surface area contributed by atoms with Gasteiger partial charge >= 0.3 is 12.1 Å². The topological polar surface area (TPSA) is 43.4 Å². The lowest BCUT2D eigenvalue weighted by Gasteiger charge is -2.20. The van der Waals surface area contributed by atoms with Crippen molar-refractivity contribution in [2.45, 2.75) is 32.5 Å². The highest BCUT2D eigenvalue weighted by molar-refractivity contribution is 6.34. The van der Waals surface area contributed by atoms with Crippen LogP contribution in [0, 0.1) is 5.82 Å². The van der Waals surface area contributed by atoms with E-state index in [1.807, 2.05) is 0 Å². The van der Waals surface area contributed by atoms with Crippen LogP contribution in [0.2, 0.25) is 10.0 Å². The van der Waals surface area contributed by atoms with Crippen LogP contribution in [0.15, 0.2) is 42.5 Å². The Kier molecular flexibility index (Phi) is 6.99. The summed E-state index contributed by atoms with van der Waals surface area (Å²) in [6.07, 6.45) is -4.54. The maximum Gasteiger partial charge on any atom is 0.417 e. The van der Waals surface area contributed by atoms with Crippen LogP contribution in [0.1, 0.15) is 47.1 Å². The van der Waals surface area contributed by atoms with Gasteiger partial charge in [-0.25, -0.2) is 9.18 Å². The molecule has 0 spiro atoms. The lowest BCUT2D eigenvalue weighted by atomic mass is 10.0. The Morgan fingerprint density at radius 1 is 0.933 bits per heavy atom. The van der Waals surface area contributed by atoms with Crippen molar-refractivity contribution in [1.82, 2.24) is 0 Å². The fourth-order valence-corrected chi connectivity index (χ4v) is 2.81. The van der Waals surface area contributed by atoms with Crippen molar-refractivity contribution in [2.24, 2.45) is 0 Å². The summed E-state index contributed by atoms with van der Waals surface area (Å²) in [5.41, 5.74) is -2.77. The molecule has 0 heterocycles. The lowest BCUT2D eigenvalue weighted by Crippen LogP contribution is -2.24. The van der Waals surface area contributed by atoms with E-state index in [4.69, 9.17) is 27.9 Å². The number of ketones is 1. The van der Waals surface area contributed by atoms with Crippen molar-refractivity contribution in [2.75, 3.05) is 0 Å². The van der Waals surface area contributed by atoms with E-state index < -0.39 is 45.5 Å². The standard InChI is InChI=1S/C21H16Cl2F4O3/c1-20(2,3)30-19(29)13-6-4-12(9-15(13)22)18(28)10-14(21(25,26)27)11-5-7-17(24)16(23)8-11/h4-10H,1-3H3/b14-10+. The molecule has 0 saturated carbocycles. The molecule has 160 valence electrons. The fourth-order valence-electron chi connectivity index (χ4n) is 2.37. The van der Waals surface area contributed by atoms with Crippen molar-refractivity contribution in [3.8, 4) is 0 Å². The minimum Gasteiger partial charge on any atom is -0.456 e. The van der Waals surface area contributed by atoms with Crippen LogP contribution in [0.5, 0.6) is 0 Å². The second kappa shape index (κ2) is 8.78. The first-order valence-electron chi connectivity index (χ1n) is 8.50. The number of hydrogen-bond donors (Lipinski definition) is 0. The van der Waals surface area contributed by atoms with Crippen LogP contribution in [-0.2, 0) is 4.74 Å². The largest absolute Gasteiger partial charge is 0.456 e. The maximum absolute atomic E-state index is 13.5. The van der Waals surface area contributed by atoms with Gasteiger partial charge in [0.2, 0.25) is 0 Å². The summed E-state index contributed by atoms with van der Waals surface area (Å²) in [5, 5.41) is -0.665. The van der Waals surface area contributed by atoms with Crippen molar-refractivity contribution >= 4 is 40.5 Å². The fraction of sp³-hybridized carbons (Fsp3) is 0.238. The molecule has 0 fully saturated rings. The Balaban J connectivity index is 2.42. The number of allylic oxidation sites excluding steroid dienone is 2. The summed E-state index contributed by atoms with van der Waals surface area (Å²) >= 11 is 11.6. The van der Waals surface area contributed by atoms with Gasteiger partial charge in [0, 0.05) is 5.56 Å². The SMILES string of the molecule is CC(C)(C)OC(=O)c1ccc(C(=O)/C=C(\c2ccc(F)c(Cl)c2)C(F)(F)F)cc1Cl. The molecule has 0 unspecified atom stereocenters. The summed E-state index contributed by atoms with van der Waals surface area (Å²) < 4.78 is 58.9. The Labute approximate surface area is 180 Å². The molecule has 3 nitrogen and oxygen atoms in total. The molecular formula is C21H16Cl2F4O3. The number of halogens is 6. The number of esters is 1. The first-order chi connectivity index (χ1) is 13.7. The molecule has 9 heteroatoms. The zero-order valence-electron chi connectivity index (χ0n) is 16.0. The van der Waals surface area contributed by atoms with Gasteiger partial charge < -0.3 is 4.74 Å². The van der Waals surface area contributed by atoms with Crippen LogP contribution >= 0.6 is 23.2 Å². The van der Waals surface area contributed by atoms with Crippen LogP contribution in [0.3, 0.4) is 0 Å². The molecule has 0 aliphatic rings. The smallest absolute Gasteiger partial charge is 0.417 e. The Morgan fingerprint density at radius 2 is 1.50 bits per heavy atom. The quantitative estimate of drug-likeness (QED) is 0.214. The van der Waals surface area contributed by atoms with Gasteiger partial charge in [-0.2, -0.15) is 13.2 Å².